The number of allylic oxidation sites excluding steroid dienone is 2. The molecule has 3 heterocycles. The lowest BCUT2D eigenvalue weighted by Crippen LogP contribution is -2.55. The number of nitrogens with one attached hydrogen (secondary N) is 2. The Labute approximate surface area is 177 Å². The van der Waals surface area contributed by atoms with Gasteiger partial charge in [-0.25, -0.2) is 4.58 Å². The van der Waals surface area contributed by atoms with Crippen LogP contribution < -0.4 is 10.6 Å². The fourth-order valence-corrected chi connectivity index (χ4v) is 4.67. The monoisotopic (exact) mass is 398 g/mol. The van der Waals surface area contributed by atoms with E-state index in [1.165, 1.54) is 17.0 Å². The molecule has 29 heavy (non-hydrogen) atoms. The van der Waals surface area contributed by atoms with Crippen LogP contribution in [0.4, 0.5) is 0 Å². The Balaban J connectivity index is 2.06. The maximum Gasteiger partial charge on any atom is 0.219 e. The predicted octanol–water partition coefficient (Wildman–Crippen LogP) is 3.99. The smallest absolute Gasteiger partial charge is 0.219 e. The molecule has 4 bridgehead atoms. The van der Waals surface area contributed by atoms with Gasteiger partial charge in [0.05, 0.1) is 17.4 Å². The Kier molecular flexibility index (Phi) is 6.49. The zero-order valence-electron chi connectivity index (χ0n) is 19.7. The second-order valence-corrected chi connectivity index (χ2v) is 9.20. The summed E-state index contributed by atoms with van der Waals surface area (Å²) in [6.45, 7) is 21.4. The van der Waals surface area contributed by atoms with Crippen LogP contribution in [-0.2, 0) is 0 Å². The molecule has 0 aliphatic carbocycles. The summed E-state index contributed by atoms with van der Waals surface area (Å²) in [5.41, 5.74) is 6.40. The first-order chi connectivity index (χ1) is 13.6. The van der Waals surface area contributed by atoms with E-state index in [0.29, 0.717) is 24.2 Å². The van der Waals surface area contributed by atoms with Crippen molar-refractivity contribution in [3.8, 4) is 0 Å². The van der Waals surface area contributed by atoms with E-state index in [2.05, 4.69) is 101 Å². The lowest BCUT2D eigenvalue weighted by molar-refractivity contribution is -0.586. The molecule has 0 radical (unpaired) electrons. The van der Waals surface area contributed by atoms with Gasteiger partial charge in [0.25, 0.3) is 0 Å². The van der Waals surface area contributed by atoms with E-state index in [4.69, 9.17) is 4.98 Å². The van der Waals surface area contributed by atoms with E-state index in [1.54, 1.807) is 0 Å². The summed E-state index contributed by atoms with van der Waals surface area (Å²) in [6, 6.07) is 8.26. The molecule has 2 aliphatic rings. The van der Waals surface area contributed by atoms with Gasteiger partial charge in [0.1, 0.15) is 0 Å². The summed E-state index contributed by atoms with van der Waals surface area (Å²) in [5, 5.41) is 7.61. The first kappa shape index (κ1) is 22.0. The minimum atomic E-state index is 0.207. The lowest BCUT2D eigenvalue weighted by atomic mass is 10.0. The molecule has 0 spiro atoms. The molecular weight excluding hydrogens is 358 g/mol. The fraction of sp³-hybridized carbons (Fsp3) is 0.667. The van der Waals surface area contributed by atoms with Crippen molar-refractivity contribution < 1.29 is 4.58 Å². The highest BCUT2D eigenvalue weighted by Crippen LogP contribution is 2.25. The number of aromatic nitrogens is 1. The number of nitrogens with zero attached hydrogens (tertiary/aromatic N) is 3. The lowest BCUT2D eigenvalue weighted by Gasteiger charge is -2.40. The SMILES string of the molecule is CC1=C(C)N2C[N+](=C1C)C(C)C(C)NC(C)c1cccc(n1)C(C)NC(C)C2C. The van der Waals surface area contributed by atoms with Gasteiger partial charge in [-0.1, -0.05) is 6.07 Å². The number of hydrogen-bond donors (Lipinski definition) is 2. The first-order valence-electron chi connectivity index (χ1n) is 11.2. The highest BCUT2D eigenvalue weighted by atomic mass is 15.3. The van der Waals surface area contributed by atoms with Crippen LogP contribution in [0, 0.1) is 0 Å². The quantitative estimate of drug-likeness (QED) is 0.649. The number of pyridine rings is 1. The molecule has 1 aromatic rings. The third kappa shape index (κ3) is 4.26. The molecule has 6 unspecified atom stereocenters. The summed E-state index contributed by atoms with van der Waals surface area (Å²) >= 11 is 0. The Morgan fingerprint density at radius 3 is 2.03 bits per heavy atom. The Morgan fingerprint density at radius 1 is 0.897 bits per heavy atom. The molecular formula is C24H40N5+. The standard InChI is InChI=1S/C24H40N5/c1-14-19(6)28-13-29(20(14)7)22(9)16(3)26-18(5)24-12-10-11-23(27-24)17(4)25-15(2)21(28)8/h10-12,15-18,21-22,25-26H,13H2,1-9H3/q+1. The molecule has 0 saturated carbocycles. The van der Waals surface area contributed by atoms with E-state index in [-0.39, 0.29) is 12.1 Å². The molecule has 6 atom stereocenters. The maximum atomic E-state index is 4.99. The average molecular weight is 399 g/mol. The highest BCUT2D eigenvalue weighted by molar-refractivity contribution is 5.94. The van der Waals surface area contributed by atoms with Crippen molar-refractivity contribution in [2.24, 2.45) is 0 Å². The van der Waals surface area contributed by atoms with E-state index >= 15 is 0 Å². The zero-order valence-corrected chi connectivity index (χ0v) is 19.7. The second kappa shape index (κ2) is 8.57. The van der Waals surface area contributed by atoms with Gasteiger partial charge in [-0.15, -0.1) is 0 Å². The van der Waals surface area contributed by atoms with Crippen LogP contribution in [0.2, 0.25) is 0 Å². The summed E-state index contributed by atoms with van der Waals surface area (Å²) in [4.78, 5) is 7.55. The molecule has 0 saturated heterocycles. The molecule has 5 nitrogen and oxygen atoms in total. The summed E-state index contributed by atoms with van der Waals surface area (Å²) in [7, 11) is 0. The van der Waals surface area contributed by atoms with Crippen molar-refractivity contribution in [3.63, 3.8) is 0 Å². The predicted molar refractivity (Wildman–Crippen MR) is 121 cm³/mol. The van der Waals surface area contributed by atoms with E-state index in [9.17, 15) is 0 Å². The van der Waals surface area contributed by atoms with E-state index in [1.807, 2.05) is 0 Å². The van der Waals surface area contributed by atoms with Crippen molar-refractivity contribution in [1.82, 2.24) is 20.5 Å². The summed E-state index contributed by atoms with van der Waals surface area (Å²) in [6.07, 6.45) is 0. The van der Waals surface area contributed by atoms with E-state index < -0.39 is 0 Å². The van der Waals surface area contributed by atoms with Crippen LogP contribution in [0.25, 0.3) is 0 Å². The van der Waals surface area contributed by atoms with Crippen LogP contribution in [0.1, 0.15) is 85.8 Å². The summed E-state index contributed by atoms with van der Waals surface area (Å²) in [5.74, 6) is 0. The van der Waals surface area contributed by atoms with Gasteiger partial charge >= 0.3 is 0 Å². The van der Waals surface area contributed by atoms with Crippen molar-refractivity contribution >= 4 is 5.71 Å². The van der Waals surface area contributed by atoms with Crippen molar-refractivity contribution in [2.75, 3.05) is 6.67 Å². The van der Waals surface area contributed by atoms with Crippen LogP contribution >= 0.6 is 0 Å². The molecule has 5 heteroatoms. The molecule has 3 rings (SSSR count). The van der Waals surface area contributed by atoms with Gasteiger partial charge in [0.2, 0.25) is 6.67 Å². The van der Waals surface area contributed by atoms with Crippen molar-refractivity contribution in [3.05, 3.63) is 40.9 Å². The first-order valence-corrected chi connectivity index (χ1v) is 11.2. The van der Waals surface area contributed by atoms with Gasteiger partial charge in [-0.3, -0.25) is 4.98 Å². The topological polar surface area (TPSA) is 43.2 Å². The van der Waals surface area contributed by atoms with E-state index in [0.717, 1.165) is 18.1 Å². The number of rotatable bonds is 0. The molecule has 0 aromatic carbocycles. The Hall–Kier alpha value is -1.72. The van der Waals surface area contributed by atoms with Crippen LogP contribution in [0.3, 0.4) is 0 Å². The van der Waals surface area contributed by atoms with Crippen LogP contribution in [0.5, 0.6) is 0 Å². The van der Waals surface area contributed by atoms with Crippen LogP contribution in [0.15, 0.2) is 29.5 Å². The van der Waals surface area contributed by atoms with Gasteiger partial charge in [-0.2, -0.15) is 0 Å². The number of fused-ring (bicyclic) bond motifs is 4. The second-order valence-electron chi connectivity index (χ2n) is 9.20. The summed E-state index contributed by atoms with van der Waals surface area (Å²) < 4.78 is 2.56. The molecule has 2 N–H and O–H groups in total. The Morgan fingerprint density at radius 2 is 1.45 bits per heavy atom. The molecule has 160 valence electrons. The molecule has 0 fully saturated rings. The third-order valence-electron chi connectivity index (χ3n) is 7.39. The molecule has 1 aromatic heterocycles. The maximum absolute atomic E-state index is 4.99. The minimum Gasteiger partial charge on any atom is -0.316 e. The van der Waals surface area contributed by atoms with Gasteiger partial charge in [-0.05, 0) is 67.5 Å². The van der Waals surface area contributed by atoms with Crippen molar-refractivity contribution in [2.45, 2.75) is 98.6 Å². The van der Waals surface area contributed by atoms with Crippen LogP contribution in [-0.4, -0.2) is 51.0 Å². The Bertz CT molecular complexity index is 811. The van der Waals surface area contributed by atoms with Gasteiger partial charge < -0.3 is 15.5 Å². The minimum absolute atomic E-state index is 0.207. The zero-order chi connectivity index (χ0) is 21.5. The third-order valence-corrected chi connectivity index (χ3v) is 7.39. The van der Waals surface area contributed by atoms with Crippen molar-refractivity contribution in [1.29, 1.82) is 0 Å². The fourth-order valence-electron chi connectivity index (χ4n) is 4.67. The molecule has 2 aliphatic heterocycles. The largest absolute Gasteiger partial charge is 0.316 e. The number of hydrogen-bond acceptors (Lipinski definition) is 4. The molecule has 0 amide bonds. The normalized spacial score (nSPS) is 34.3. The average Bonchev–Trinajstić information content (AvgIpc) is 2.70. The van der Waals surface area contributed by atoms with Gasteiger partial charge in [0.15, 0.2) is 11.8 Å². The van der Waals surface area contributed by atoms with Gasteiger partial charge in [0, 0.05) is 42.4 Å². The highest BCUT2D eigenvalue weighted by Gasteiger charge is 2.36.